The Balaban J connectivity index is 2.24. The Labute approximate surface area is 126 Å². The Morgan fingerprint density at radius 2 is 2.05 bits per heavy atom. The summed E-state index contributed by atoms with van der Waals surface area (Å²) in [6, 6.07) is 8.92. The first kappa shape index (κ1) is 13.6. The van der Waals surface area contributed by atoms with Crippen molar-refractivity contribution in [3.63, 3.8) is 0 Å². The van der Waals surface area contributed by atoms with Crippen molar-refractivity contribution in [1.82, 2.24) is 5.16 Å². The number of aryl methyl sites for hydroxylation is 1. The molecule has 3 aromatic rings. The van der Waals surface area contributed by atoms with Crippen molar-refractivity contribution in [1.29, 1.82) is 0 Å². The summed E-state index contributed by atoms with van der Waals surface area (Å²) in [5, 5.41) is 4.55. The minimum absolute atomic E-state index is 0.180. The van der Waals surface area contributed by atoms with Gasteiger partial charge in [-0.15, -0.1) is 0 Å². The number of nitrogens with zero attached hydrogens (tertiary/aromatic N) is 1. The normalized spacial score (nSPS) is 10.8. The summed E-state index contributed by atoms with van der Waals surface area (Å²) in [6.07, 6.45) is 0. The third-order valence-electron chi connectivity index (χ3n) is 3.12. The Kier molecular flexibility index (Phi) is 3.35. The van der Waals surface area contributed by atoms with E-state index in [0.29, 0.717) is 33.4 Å². The molecule has 2 aromatic heterocycles. The van der Waals surface area contributed by atoms with Crippen LogP contribution in [0.15, 0.2) is 39.3 Å². The quantitative estimate of drug-likeness (QED) is 0.786. The van der Waals surface area contributed by atoms with Crippen LogP contribution in [0.1, 0.15) is 5.76 Å². The van der Waals surface area contributed by atoms with Crippen LogP contribution in [0.4, 0.5) is 5.88 Å². The van der Waals surface area contributed by atoms with Crippen molar-refractivity contribution in [2.75, 3.05) is 12.8 Å². The van der Waals surface area contributed by atoms with Crippen LogP contribution < -0.4 is 10.5 Å². The lowest BCUT2D eigenvalue weighted by Gasteiger charge is -2.08. The molecule has 108 valence electrons. The average Bonchev–Trinajstić information content (AvgIpc) is 3.04. The first-order valence-electron chi connectivity index (χ1n) is 6.26. The fraction of sp³-hybridized carbons (Fsp3) is 0.133. The van der Waals surface area contributed by atoms with Gasteiger partial charge in [0.15, 0.2) is 11.5 Å². The Morgan fingerprint density at radius 3 is 2.71 bits per heavy atom. The van der Waals surface area contributed by atoms with Crippen LogP contribution in [0, 0.1) is 6.92 Å². The predicted octanol–water partition coefficient (Wildman–Crippen LogP) is 4.15. The summed E-state index contributed by atoms with van der Waals surface area (Å²) in [7, 11) is 1.58. The Hall–Kier alpha value is -2.40. The van der Waals surface area contributed by atoms with Gasteiger partial charge in [0.05, 0.1) is 12.7 Å². The molecule has 0 aliphatic rings. The average molecular weight is 305 g/mol. The standard InChI is InChI=1S/C15H13ClN2O3/c1-8-3-5-12(20-8)14-13(15(17)21-18-14)10-7-9(16)4-6-11(10)19-2/h3-7H,17H2,1-2H3. The van der Waals surface area contributed by atoms with Crippen LogP contribution in [0.3, 0.4) is 0 Å². The highest BCUT2D eigenvalue weighted by Crippen LogP contribution is 2.42. The van der Waals surface area contributed by atoms with Gasteiger partial charge < -0.3 is 19.4 Å². The number of hydrogen-bond donors (Lipinski definition) is 1. The summed E-state index contributed by atoms with van der Waals surface area (Å²) in [5.41, 5.74) is 7.74. The van der Waals surface area contributed by atoms with Crippen LogP contribution >= 0.6 is 11.6 Å². The molecule has 0 amide bonds. The number of nitrogen functional groups attached to an aromatic ring is 1. The van der Waals surface area contributed by atoms with Crippen molar-refractivity contribution >= 4 is 17.5 Å². The van der Waals surface area contributed by atoms with Gasteiger partial charge in [0.2, 0.25) is 5.88 Å². The van der Waals surface area contributed by atoms with Gasteiger partial charge in [0.1, 0.15) is 11.5 Å². The second-order valence-electron chi connectivity index (χ2n) is 4.53. The number of furan rings is 1. The molecule has 2 heterocycles. The van der Waals surface area contributed by atoms with E-state index in [2.05, 4.69) is 5.16 Å². The lowest BCUT2D eigenvalue weighted by molar-refractivity contribution is 0.416. The predicted molar refractivity (Wildman–Crippen MR) is 80.4 cm³/mol. The number of rotatable bonds is 3. The SMILES string of the molecule is COc1ccc(Cl)cc1-c1c(-c2ccc(C)o2)noc1N. The molecular formula is C15H13ClN2O3. The van der Waals surface area contributed by atoms with E-state index in [-0.39, 0.29) is 5.88 Å². The number of hydrogen-bond acceptors (Lipinski definition) is 5. The molecule has 6 heteroatoms. The molecule has 3 rings (SSSR count). The fourth-order valence-electron chi connectivity index (χ4n) is 2.17. The number of nitrogens with two attached hydrogens (primary N) is 1. The van der Waals surface area contributed by atoms with Gasteiger partial charge in [-0.25, -0.2) is 0 Å². The van der Waals surface area contributed by atoms with Gasteiger partial charge >= 0.3 is 0 Å². The summed E-state index contributed by atoms with van der Waals surface area (Å²) in [5.74, 6) is 2.15. The Morgan fingerprint density at radius 1 is 1.24 bits per heavy atom. The first-order chi connectivity index (χ1) is 10.1. The van der Waals surface area contributed by atoms with Gasteiger partial charge in [-0.2, -0.15) is 0 Å². The molecule has 0 aliphatic heterocycles. The molecule has 0 radical (unpaired) electrons. The van der Waals surface area contributed by atoms with E-state index in [1.807, 2.05) is 19.1 Å². The Bertz CT molecular complexity index is 792. The molecule has 1 aromatic carbocycles. The fourth-order valence-corrected chi connectivity index (χ4v) is 2.34. The second-order valence-corrected chi connectivity index (χ2v) is 4.96. The number of halogens is 1. The van der Waals surface area contributed by atoms with Crippen LogP contribution in [0.2, 0.25) is 5.02 Å². The summed E-state index contributed by atoms with van der Waals surface area (Å²) in [6.45, 7) is 1.85. The molecule has 0 spiro atoms. The highest BCUT2D eigenvalue weighted by Gasteiger charge is 2.22. The summed E-state index contributed by atoms with van der Waals surface area (Å²) in [4.78, 5) is 0. The maximum Gasteiger partial charge on any atom is 0.230 e. The number of aromatic nitrogens is 1. The molecule has 0 unspecified atom stereocenters. The molecule has 0 fully saturated rings. The molecule has 0 saturated carbocycles. The van der Waals surface area contributed by atoms with Crippen LogP contribution in [0.25, 0.3) is 22.6 Å². The minimum atomic E-state index is 0.180. The lowest BCUT2D eigenvalue weighted by Crippen LogP contribution is -1.92. The van der Waals surface area contributed by atoms with E-state index in [9.17, 15) is 0 Å². The highest BCUT2D eigenvalue weighted by atomic mass is 35.5. The van der Waals surface area contributed by atoms with Gasteiger partial charge in [-0.1, -0.05) is 16.8 Å². The van der Waals surface area contributed by atoms with Gasteiger partial charge in [-0.05, 0) is 37.3 Å². The van der Waals surface area contributed by atoms with Gasteiger partial charge in [-0.3, -0.25) is 0 Å². The number of methoxy groups -OCH3 is 1. The zero-order valence-electron chi connectivity index (χ0n) is 11.5. The van der Waals surface area contributed by atoms with E-state index in [1.54, 1.807) is 25.3 Å². The summed E-state index contributed by atoms with van der Waals surface area (Å²) >= 11 is 6.07. The topological polar surface area (TPSA) is 74.4 Å². The molecular weight excluding hydrogens is 292 g/mol. The lowest BCUT2D eigenvalue weighted by atomic mass is 10.0. The molecule has 0 atom stereocenters. The molecule has 0 saturated heterocycles. The van der Waals surface area contributed by atoms with Crippen LogP contribution in [0.5, 0.6) is 5.75 Å². The zero-order chi connectivity index (χ0) is 15.0. The van der Waals surface area contributed by atoms with Crippen molar-refractivity contribution < 1.29 is 13.7 Å². The van der Waals surface area contributed by atoms with Gasteiger partial charge in [0, 0.05) is 10.6 Å². The van der Waals surface area contributed by atoms with Crippen molar-refractivity contribution in [2.45, 2.75) is 6.92 Å². The van der Waals surface area contributed by atoms with Crippen molar-refractivity contribution in [3.8, 4) is 28.3 Å². The smallest absolute Gasteiger partial charge is 0.230 e. The van der Waals surface area contributed by atoms with Gasteiger partial charge in [0.25, 0.3) is 0 Å². The molecule has 0 bridgehead atoms. The summed E-state index contributed by atoms with van der Waals surface area (Å²) < 4.78 is 16.1. The van der Waals surface area contributed by atoms with E-state index in [4.69, 9.17) is 31.0 Å². The minimum Gasteiger partial charge on any atom is -0.496 e. The molecule has 0 aliphatic carbocycles. The van der Waals surface area contributed by atoms with Crippen LogP contribution in [-0.2, 0) is 0 Å². The van der Waals surface area contributed by atoms with Crippen LogP contribution in [-0.4, -0.2) is 12.3 Å². The number of ether oxygens (including phenoxy) is 1. The molecule has 2 N–H and O–H groups in total. The zero-order valence-corrected chi connectivity index (χ0v) is 12.3. The maximum absolute atomic E-state index is 6.07. The monoisotopic (exact) mass is 304 g/mol. The van der Waals surface area contributed by atoms with Crippen molar-refractivity contribution in [2.24, 2.45) is 0 Å². The third-order valence-corrected chi connectivity index (χ3v) is 3.36. The van der Waals surface area contributed by atoms with E-state index < -0.39 is 0 Å². The van der Waals surface area contributed by atoms with E-state index in [0.717, 1.165) is 5.76 Å². The number of benzene rings is 1. The van der Waals surface area contributed by atoms with E-state index in [1.165, 1.54) is 0 Å². The highest BCUT2D eigenvalue weighted by molar-refractivity contribution is 6.31. The molecule has 5 nitrogen and oxygen atoms in total. The largest absolute Gasteiger partial charge is 0.496 e. The third kappa shape index (κ3) is 2.36. The first-order valence-corrected chi connectivity index (χ1v) is 6.64. The van der Waals surface area contributed by atoms with Crippen molar-refractivity contribution in [3.05, 3.63) is 41.1 Å². The number of anilines is 1. The molecule has 21 heavy (non-hydrogen) atoms. The van der Waals surface area contributed by atoms with E-state index >= 15 is 0 Å². The second kappa shape index (κ2) is 5.18. The maximum atomic E-state index is 6.07.